The fraction of sp³-hybridized carbons (Fsp3) is 0.167. The number of hydrogen-bond acceptors (Lipinski definition) is 4. The summed E-state index contributed by atoms with van der Waals surface area (Å²) in [7, 11) is 0. The van der Waals surface area contributed by atoms with E-state index in [1.807, 2.05) is 12.1 Å². The van der Waals surface area contributed by atoms with Gasteiger partial charge in [0.05, 0.1) is 0 Å². The van der Waals surface area contributed by atoms with Crippen LogP contribution in [-0.4, -0.2) is 67.2 Å². The molecule has 0 amide bonds. The Labute approximate surface area is 205 Å². The Hall–Kier alpha value is -5.36. The molecular formula is C24H20N8O4. The molecule has 12 nitrogen and oxygen atoms in total. The second-order valence-corrected chi connectivity index (χ2v) is 7.07. The minimum absolute atomic E-state index is 0.149. The maximum absolute atomic E-state index is 11.6. The number of ketones is 4. The Bertz CT molecular complexity index is 1120. The van der Waals surface area contributed by atoms with Crippen molar-refractivity contribution in [2.75, 3.05) is 0 Å². The average molecular weight is 484 g/mol. The monoisotopic (exact) mass is 484 g/mol. The average Bonchev–Trinajstić information content (AvgIpc) is 2.88. The lowest BCUT2D eigenvalue weighted by molar-refractivity contribution is -0.130. The number of benzene rings is 2. The van der Waals surface area contributed by atoms with Crippen LogP contribution in [0.25, 0.3) is 22.1 Å². The molecule has 0 aliphatic carbocycles. The lowest BCUT2D eigenvalue weighted by atomic mass is 9.92. The van der Waals surface area contributed by atoms with Crippen LogP contribution in [0.4, 0.5) is 0 Å². The first-order valence-electron chi connectivity index (χ1n) is 10.3. The van der Waals surface area contributed by atoms with Crippen molar-refractivity contribution < 1.29 is 38.3 Å². The lowest BCUT2D eigenvalue weighted by Gasteiger charge is -2.06. The number of nitrogens with zero attached hydrogens (tertiary/aromatic N) is 8. The van der Waals surface area contributed by atoms with E-state index in [9.17, 15) is 19.2 Å². The van der Waals surface area contributed by atoms with Crippen LogP contribution in [0.2, 0.25) is 0 Å². The molecule has 12 heteroatoms. The van der Waals surface area contributed by atoms with Gasteiger partial charge in [-0.1, -0.05) is 60.7 Å². The molecule has 0 aliphatic rings. The highest BCUT2D eigenvalue weighted by Crippen LogP contribution is 2.11. The van der Waals surface area contributed by atoms with Gasteiger partial charge in [0.1, 0.15) is 11.8 Å². The first kappa shape index (κ1) is 28.7. The van der Waals surface area contributed by atoms with Crippen molar-refractivity contribution in [3.05, 3.63) is 93.9 Å². The molecule has 0 aromatic heterocycles. The van der Waals surface area contributed by atoms with Crippen molar-refractivity contribution in [1.29, 1.82) is 0 Å². The Morgan fingerprint density at radius 1 is 0.528 bits per heavy atom. The van der Waals surface area contributed by atoms with Crippen LogP contribution in [0.15, 0.2) is 60.7 Å². The number of Topliss-reactive ketones (excluding diaryl/α,β-unsaturated/α-hetero) is 4. The molecule has 0 heterocycles. The summed E-state index contributed by atoms with van der Waals surface area (Å²) in [6, 6.07) is 17.8. The molecule has 0 saturated heterocycles. The molecule has 0 saturated carbocycles. The van der Waals surface area contributed by atoms with Gasteiger partial charge in [0.2, 0.25) is 23.1 Å². The van der Waals surface area contributed by atoms with Gasteiger partial charge in [-0.05, 0) is 24.0 Å². The molecular weight excluding hydrogens is 464 g/mol. The quantitative estimate of drug-likeness (QED) is 0.187. The van der Waals surface area contributed by atoms with Gasteiger partial charge in [-0.25, -0.2) is 0 Å². The third-order valence-electron chi connectivity index (χ3n) is 4.68. The van der Waals surface area contributed by atoms with E-state index in [2.05, 4.69) is 19.2 Å². The van der Waals surface area contributed by atoms with Crippen molar-refractivity contribution in [2.45, 2.75) is 12.8 Å². The number of hydrogen-bond donors (Lipinski definition) is 0. The van der Waals surface area contributed by atoms with Gasteiger partial charge in [0.15, 0.2) is 0 Å². The summed E-state index contributed by atoms with van der Waals surface area (Å²) in [6.45, 7) is 0. The zero-order valence-electron chi connectivity index (χ0n) is 18.9. The van der Waals surface area contributed by atoms with Crippen molar-refractivity contribution >= 4 is 48.0 Å². The molecule has 2 aromatic carbocycles. The van der Waals surface area contributed by atoms with E-state index < -0.39 is 35.0 Å². The number of carbonyl (C=O) groups excluding carboxylic acids is 4. The summed E-state index contributed by atoms with van der Waals surface area (Å²) >= 11 is 0. The minimum atomic E-state index is -1.06. The summed E-state index contributed by atoms with van der Waals surface area (Å²) in [5, 5.41) is 0. The third-order valence-corrected chi connectivity index (χ3v) is 4.68. The zero-order valence-corrected chi connectivity index (χ0v) is 18.9. The standard InChI is InChI=1S/2C12H10N4O2/c2*13-15-7-11(17)10(12(18)8-16-14)6-9-4-2-1-3-5-9/h2*1-5,7-8,10H,6H2. The van der Waals surface area contributed by atoms with E-state index in [4.69, 9.17) is 22.1 Å². The topological polar surface area (TPSA) is 214 Å². The van der Waals surface area contributed by atoms with E-state index in [0.29, 0.717) is 24.9 Å². The van der Waals surface area contributed by atoms with Gasteiger partial charge in [-0.15, -0.1) is 0 Å². The molecule has 0 spiro atoms. The SMILES string of the molecule is [N-]=[N+]=CC(=O)C(Cc1ccccc1)C(=O)C=[N+]=[N-].[N-]=[N+]=CC(=O)C(Cc1ccccc1)C(=O)C=[N+]=[N-]. The predicted molar refractivity (Wildman–Crippen MR) is 126 cm³/mol. The van der Waals surface area contributed by atoms with Crippen molar-refractivity contribution in [3.8, 4) is 0 Å². The zero-order chi connectivity index (χ0) is 26.8. The first-order chi connectivity index (χ1) is 17.4. The van der Waals surface area contributed by atoms with Crippen LogP contribution in [0.3, 0.4) is 0 Å². The highest BCUT2D eigenvalue weighted by Gasteiger charge is 2.30. The molecule has 180 valence electrons. The van der Waals surface area contributed by atoms with Crippen LogP contribution >= 0.6 is 0 Å². The molecule has 0 radical (unpaired) electrons. The van der Waals surface area contributed by atoms with E-state index >= 15 is 0 Å². The van der Waals surface area contributed by atoms with E-state index in [-0.39, 0.29) is 12.8 Å². The van der Waals surface area contributed by atoms with Crippen molar-refractivity contribution in [2.24, 2.45) is 11.8 Å². The van der Waals surface area contributed by atoms with Crippen molar-refractivity contribution in [3.63, 3.8) is 0 Å². The molecule has 0 atom stereocenters. The number of carbonyl (C=O) groups is 4. The smallest absolute Gasteiger partial charge is 0.323 e. The fourth-order valence-electron chi connectivity index (χ4n) is 2.97. The fourth-order valence-corrected chi connectivity index (χ4v) is 2.97. The summed E-state index contributed by atoms with van der Waals surface area (Å²) in [5.74, 6) is -4.70. The molecule has 0 aliphatic heterocycles. The van der Waals surface area contributed by atoms with E-state index in [1.54, 1.807) is 48.5 Å². The maximum Gasteiger partial charge on any atom is 0.323 e. The van der Waals surface area contributed by atoms with Crippen LogP contribution in [0.1, 0.15) is 11.1 Å². The lowest BCUT2D eigenvalue weighted by Crippen LogP contribution is -2.28. The molecule has 2 rings (SSSR count). The predicted octanol–water partition coefficient (Wildman–Crippen LogP) is 1.17. The van der Waals surface area contributed by atoms with Gasteiger partial charge in [0.25, 0.3) is 0 Å². The van der Waals surface area contributed by atoms with Gasteiger partial charge >= 0.3 is 24.9 Å². The Morgan fingerprint density at radius 2 is 0.778 bits per heavy atom. The van der Waals surface area contributed by atoms with Gasteiger partial charge in [-0.3, -0.25) is 19.2 Å². The van der Waals surface area contributed by atoms with Crippen LogP contribution in [0.5, 0.6) is 0 Å². The minimum Gasteiger partial charge on any atom is -0.361 e. The van der Waals surface area contributed by atoms with Gasteiger partial charge in [0, 0.05) is 0 Å². The summed E-state index contributed by atoms with van der Waals surface area (Å²) < 4.78 is 0. The second-order valence-electron chi connectivity index (χ2n) is 7.07. The third kappa shape index (κ3) is 10.1. The number of rotatable bonds is 12. The van der Waals surface area contributed by atoms with Crippen LogP contribution < -0.4 is 0 Å². The second kappa shape index (κ2) is 16.3. The largest absolute Gasteiger partial charge is 0.361 e. The first-order valence-corrected chi connectivity index (χ1v) is 10.3. The van der Waals surface area contributed by atoms with Crippen LogP contribution in [0, 0.1) is 11.8 Å². The highest BCUT2D eigenvalue weighted by atomic mass is 16.2. The summed E-state index contributed by atoms with van der Waals surface area (Å²) in [4.78, 5) is 56.8. The Morgan fingerprint density at radius 3 is 1.00 bits per heavy atom. The van der Waals surface area contributed by atoms with Gasteiger partial charge in [-0.2, -0.15) is 19.2 Å². The molecule has 0 unspecified atom stereocenters. The molecule has 36 heavy (non-hydrogen) atoms. The Balaban J connectivity index is 0.000000360. The van der Waals surface area contributed by atoms with Crippen molar-refractivity contribution in [1.82, 2.24) is 0 Å². The molecule has 2 aromatic rings. The van der Waals surface area contributed by atoms with E-state index in [0.717, 1.165) is 11.1 Å². The highest BCUT2D eigenvalue weighted by molar-refractivity contribution is 6.41. The molecule has 0 N–H and O–H groups in total. The Kier molecular flexibility index (Phi) is 13.0. The molecule has 0 bridgehead atoms. The maximum atomic E-state index is 11.6. The van der Waals surface area contributed by atoms with Crippen LogP contribution in [-0.2, 0) is 32.0 Å². The summed E-state index contributed by atoms with van der Waals surface area (Å²) in [5.41, 5.74) is 34.8. The summed E-state index contributed by atoms with van der Waals surface area (Å²) in [6.07, 6.45) is 2.95. The van der Waals surface area contributed by atoms with Gasteiger partial charge < -0.3 is 22.1 Å². The van der Waals surface area contributed by atoms with E-state index in [1.165, 1.54) is 0 Å². The normalized spacial score (nSPS) is 10.7. The molecule has 0 fully saturated rings.